The maximum absolute atomic E-state index is 12.8. The molecule has 0 spiro atoms. The minimum atomic E-state index is -0.354. The molecule has 0 unspecified atom stereocenters. The third kappa shape index (κ3) is 4.92. The highest BCUT2D eigenvalue weighted by molar-refractivity contribution is 8.18. The van der Waals surface area contributed by atoms with Gasteiger partial charge in [0.15, 0.2) is 4.34 Å². The number of hydrogen-bond acceptors (Lipinski definition) is 6. The summed E-state index contributed by atoms with van der Waals surface area (Å²) in [6, 6.07) is 17.2. The van der Waals surface area contributed by atoms with Gasteiger partial charge in [-0.15, -0.1) is 11.3 Å². The molecule has 0 bridgehead atoms. The summed E-state index contributed by atoms with van der Waals surface area (Å²) in [4.78, 5) is 31.7. The molecule has 0 atom stereocenters. The van der Waals surface area contributed by atoms with Gasteiger partial charge < -0.3 is 0 Å². The van der Waals surface area contributed by atoms with Crippen LogP contribution in [0.3, 0.4) is 0 Å². The number of carbonyl (C=O) groups excluding carboxylic acids is 2. The number of imide groups is 1. The predicted molar refractivity (Wildman–Crippen MR) is 126 cm³/mol. The van der Waals surface area contributed by atoms with E-state index in [-0.39, 0.29) is 17.7 Å². The zero-order valence-electron chi connectivity index (χ0n) is 15.4. The lowest BCUT2D eigenvalue weighted by Crippen LogP contribution is -2.27. The van der Waals surface area contributed by atoms with Gasteiger partial charge in [-0.05, 0) is 35.0 Å². The summed E-state index contributed by atoms with van der Waals surface area (Å²) >= 11 is 16.3. The maximum atomic E-state index is 12.8. The van der Waals surface area contributed by atoms with Crippen LogP contribution in [0, 0.1) is 0 Å². The summed E-state index contributed by atoms with van der Waals surface area (Å²) in [5.74, 6) is 0.422. The fourth-order valence-electron chi connectivity index (χ4n) is 2.72. The lowest BCUT2D eigenvalue weighted by Gasteiger charge is -2.13. The van der Waals surface area contributed by atoms with E-state index < -0.39 is 0 Å². The number of aromatic nitrogens is 1. The van der Waals surface area contributed by atoms with Gasteiger partial charge in [-0.25, -0.2) is 4.98 Å². The Bertz CT molecular complexity index is 1130. The first kappa shape index (κ1) is 21.5. The van der Waals surface area contributed by atoms with Gasteiger partial charge >= 0.3 is 0 Å². The number of thiazole rings is 1. The fourth-order valence-corrected chi connectivity index (χ4v) is 6.11. The molecule has 0 aliphatic carbocycles. The van der Waals surface area contributed by atoms with E-state index in [0.717, 1.165) is 27.4 Å². The number of halogens is 2. The Balaban J connectivity index is 1.48. The number of hydrogen-bond donors (Lipinski definition) is 0. The minimum absolute atomic E-state index is 0.135. The molecule has 9 heteroatoms. The predicted octanol–water partition coefficient (Wildman–Crippen LogP) is 6.98. The Morgan fingerprint density at radius 3 is 2.53 bits per heavy atom. The quantitative estimate of drug-likeness (QED) is 0.274. The fraction of sp³-hybridized carbons (Fsp3) is 0.0952. The monoisotopic (exact) mass is 492 g/mol. The van der Waals surface area contributed by atoms with Crippen LogP contribution < -0.4 is 0 Å². The zero-order chi connectivity index (χ0) is 21.1. The molecule has 3 aromatic rings. The minimum Gasteiger partial charge on any atom is -0.268 e. The van der Waals surface area contributed by atoms with Crippen LogP contribution in [0.5, 0.6) is 0 Å². The summed E-state index contributed by atoms with van der Waals surface area (Å²) in [6.07, 6.45) is 1.64. The molecule has 1 saturated heterocycles. The lowest BCUT2D eigenvalue weighted by molar-refractivity contribution is -0.123. The van der Waals surface area contributed by atoms with E-state index in [1.165, 1.54) is 21.8 Å². The molecule has 0 saturated carbocycles. The molecule has 1 aliphatic heterocycles. The molecular weight excluding hydrogens is 479 g/mol. The second-order valence-corrected chi connectivity index (χ2v) is 10.3. The summed E-state index contributed by atoms with van der Waals surface area (Å²) in [7, 11) is 0. The molecule has 2 heterocycles. The van der Waals surface area contributed by atoms with Gasteiger partial charge in [0, 0.05) is 10.8 Å². The molecule has 1 fully saturated rings. The molecular formula is C21H14Cl2N2O2S3. The third-order valence-corrected chi connectivity index (χ3v) is 8.11. The van der Waals surface area contributed by atoms with Crippen molar-refractivity contribution >= 4 is 75.3 Å². The van der Waals surface area contributed by atoms with Gasteiger partial charge in [0.1, 0.15) is 5.15 Å². The van der Waals surface area contributed by atoms with Crippen LogP contribution in [0.4, 0.5) is 4.79 Å². The smallest absolute Gasteiger partial charge is 0.268 e. The standard InChI is InChI=1S/C21H14Cl2N2O2S3/c22-15-9-5-4-8-14(15)11-25-19(26)17(30-21(25)27)10-16-18(23)24-20(29-16)28-12-13-6-2-1-3-7-13/h1-10H,11-12H2/b17-10+. The van der Waals surface area contributed by atoms with Crippen LogP contribution in [-0.2, 0) is 17.1 Å². The highest BCUT2D eigenvalue weighted by Gasteiger charge is 2.35. The molecule has 4 nitrogen and oxygen atoms in total. The Labute approximate surface area is 196 Å². The third-order valence-electron chi connectivity index (χ3n) is 4.22. The Hall–Kier alpha value is -1.77. The maximum Gasteiger partial charge on any atom is 0.293 e. The summed E-state index contributed by atoms with van der Waals surface area (Å²) in [6.45, 7) is 0.135. The molecule has 152 valence electrons. The zero-order valence-corrected chi connectivity index (χ0v) is 19.3. The largest absolute Gasteiger partial charge is 0.293 e. The van der Waals surface area contributed by atoms with Crippen molar-refractivity contribution in [3.8, 4) is 0 Å². The average Bonchev–Trinajstić information content (AvgIpc) is 3.22. The topological polar surface area (TPSA) is 50.3 Å². The van der Waals surface area contributed by atoms with Gasteiger partial charge in [0.25, 0.3) is 11.1 Å². The van der Waals surface area contributed by atoms with E-state index in [9.17, 15) is 9.59 Å². The number of carbonyl (C=O) groups is 2. The molecule has 0 N–H and O–H groups in total. The summed E-state index contributed by atoms with van der Waals surface area (Å²) < 4.78 is 0.811. The number of rotatable bonds is 6. The van der Waals surface area contributed by atoms with Crippen molar-refractivity contribution in [3.63, 3.8) is 0 Å². The van der Waals surface area contributed by atoms with Crippen LogP contribution >= 0.6 is 58.1 Å². The van der Waals surface area contributed by atoms with Gasteiger partial charge in [0.2, 0.25) is 0 Å². The van der Waals surface area contributed by atoms with Crippen LogP contribution in [0.2, 0.25) is 10.2 Å². The summed E-state index contributed by atoms with van der Waals surface area (Å²) in [5.41, 5.74) is 1.91. The first-order valence-electron chi connectivity index (χ1n) is 8.83. The molecule has 2 amide bonds. The highest BCUT2D eigenvalue weighted by Crippen LogP contribution is 2.38. The van der Waals surface area contributed by atoms with Crippen LogP contribution in [0.15, 0.2) is 63.8 Å². The first-order valence-corrected chi connectivity index (χ1v) is 12.2. The van der Waals surface area contributed by atoms with Gasteiger partial charge in [-0.3, -0.25) is 14.5 Å². The molecule has 1 aliphatic rings. The van der Waals surface area contributed by atoms with Crippen molar-refractivity contribution < 1.29 is 9.59 Å². The number of nitrogens with zero attached hydrogens (tertiary/aromatic N) is 2. The van der Waals surface area contributed by atoms with E-state index in [1.54, 1.807) is 36.0 Å². The molecule has 1 aromatic heterocycles. The number of benzene rings is 2. The van der Waals surface area contributed by atoms with Crippen molar-refractivity contribution in [3.05, 3.63) is 85.7 Å². The van der Waals surface area contributed by atoms with E-state index in [4.69, 9.17) is 23.2 Å². The SMILES string of the molecule is O=C1S/C(=C/c2sc(SCc3ccccc3)nc2Cl)C(=O)N1Cc1ccccc1Cl. The molecule has 30 heavy (non-hydrogen) atoms. The number of amides is 2. The van der Waals surface area contributed by atoms with Gasteiger partial charge in [-0.1, -0.05) is 83.5 Å². The normalized spacial score (nSPS) is 15.4. The van der Waals surface area contributed by atoms with E-state index in [1.807, 2.05) is 24.3 Å². The lowest BCUT2D eigenvalue weighted by atomic mass is 10.2. The Morgan fingerprint density at radius 2 is 1.77 bits per heavy atom. The van der Waals surface area contributed by atoms with Crippen molar-refractivity contribution in [2.45, 2.75) is 16.6 Å². The van der Waals surface area contributed by atoms with Crippen molar-refractivity contribution in [2.75, 3.05) is 0 Å². The second-order valence-electron chi connectivity index (χ2n) is 6.27. The van der Waals surface area contributed by atoms with Crippen LogP contribution in [0.25, 0.3) is 6.08 Å². The van der Waals surface area contributed by atoms with E-state index >= 15 is 0 Å². The van der Waals surface area contributed by atoms with Crippen LogP contribution in [-0.4, -0.2) is 21.0 Å². The Kier molecular flexibility index (Phi) is 6.85. The van der Waals surface area contributed by atoms with E-state index in [0.29, 0.717) is 20.0 Å². The van der Waals surface area contributed by atoms with Crippen molar-refractivity contribution in [1.82, 2.24) is 9.88 Å². The second kappa shape index (κ2) is 9.58. The van der Waals surface area contributed by atoms with E-state index in [2.05, 4.69) is 17.1 Å². The number of thioether (sulfide) groups is 2. The molecule has 4 rings (SSSR count). The average molecular weight is 493 g/mol. The first-order chi connectivity index (χ1) is 14.5. The van der Waals surface area contributed by atoms with Crippen molar-refractivity contribution in [2.24, 2.45) is 0 Å². The van der Waals surface area contributed by atoms with Gasteiger partial charge in [0.05, 0.1) is 16.3 Å². The van der Waals surface area contributed by atoms with Gasteiger partial charge in [-0.2, -0.15) is 0 Å². The molecule has 2 aromatic carbocycles. The highest BCUT2D eigenvalue weighted by atomic mass is 35.5. The van der Waals surface area contributed by atoms with Crippen LogP contribution in [0.1, 0.15) is 16.0 Å². The van der Waals surface area contributed by atoms with Crippen molar-refractivity contribution in [1.29, 1.82) is 0 Å². The molecule has 0 radical (unpaired) electrons. The summed E-state index contributed by atoms with van der Waals surface area (Å²) in [5, 5.41) is 0.519. The Morgan fingerprint density at radius 1 is 1.03 bits per heavy atom.